The Hall–Kier alpha value is -0.540. The molecule has 0 rings (SSSR count). The van der Waals surface area contributed by atoms with Gasteiger partial charge in [0.2, 0.25) is 5.91 Å². The van der Waals surface area contributed by atoms with Crippen LogP contribution in [0.2, 0.25) is 0 Å². The Morgan fingerprint density at radius 1 is 1.50 bits per heavy atom. The molecular formula is C8H19N2O7P. The number of nitrogens with two attached hydrogens (primary N) is 1. The van der Waals surface area contributed by atoms with Gasteiger partial charge < -0.3 is 35.8 Å². The van der Waals surface area contributed by atoms with Gasteiger partial charge in [-0.1, -0.05) is 0 Å². The van der Waals surface area contributed by atoms with Gasteiger partial charge in [-0.25, -0.2) is 0 Å². The maximum atomic E-state index is 10.9. The molecule has 18 heavy (non-hydrogen) atoms. The fraction of sp³-hybridized carbons (Fsp3) is 0.875. The average molecular weight is 286 g/mol. The highest BCUT2D eigenvalue weighted by molar-refractivity contribution is 7.32. The molecule has 0 heterocycles. The van der Waals surface area contributed by atoms with Crippen molar-refractivity contribution in [3.63, 3.8) is 0 Å². The molecule has 0 aromatic heterocycles. The summed E-state index contributed by atoms with van der Waals surface area (Å²) in [5.74, 6) is -0.474. The zero-order valence-corrected chi connectivity index (χ0v) is 10.8. The standard InChI is InChI=1S/C8H19N2O7P/c1-4(12)10-5(2-9)7(14)8(6(13)3-11)17-18(15)16/h5-8,11,13-14,18H,2-3,9H2,1H3,(H,10,12)(H,15,16)/t5?,6?,7?,8-/m1/s1. The molecule has 108 valence electrons. The lowest BCUT2D eigenvalue weighted by Crippen LogP contribution is -2.55. The molecule has 7 N–H and O–H groups in total. The second-order valence-corrected chi connectivity index (χ2v) is 4.40. The molecule has 0 fully saturated rings. The largest absolute Gasteiger partial charge is 0.394 e. The zero-order chi connectivity index (χ0) is 14.3. The summed E-state index contributed by atoms with van der Waals surface area (Å²) >= 11 is 0. The summed E-state index contributed by atoms with van der Waals surface area (Å²) in [4.78, 5) is 19.5. The molecule has 1 amide bonds. The quantitative estimate of drug-likeness (QED) is 0.256. The van der Waals surface area contributed by atoms with Crippen LogP contribution in [-0.4, -0.2) is 63.6 Å². The number of hydrogen-bond acceptors (Lipinski definition) is 7. The topological polar surface area (TPSA) is 162 Å². The summed E-state index contributed by atoms with van der Waals surface area (Å²) in [6.07, 6.45) is -4.65. The Balaban J connectivity index is 4.83. The predicted molar refractivity (Wildman–Crippen MR) is 61.9 cm³/mol. The minimum Gasteiger partial charge on any atom is -0.394 e. The van der Waals surface area contributed by atoms with Crippen LogP contribution in [0, 0.1) is 0 Å². The molecule has 0 bridgehead atoms. The number of hydrogen-bond donors (Lipinski definition) is 6. The minimum absolute atomic E-state index is 0.175. The van der Waals surface area contributed by atoms with E-state index in [1.165, 1.54) is 6.92 Å². The lowest BCUT2D eigenvalue weighted by molar-refractivity contribution is -0.122. The molecule has 4 unspecified atom stereocenters. The number of nitrogens with one attached hydrogen (secondary N) is 1. The van der Waals surface area contributed by atoms with Crippen LogP contribution in [0.5, 0.6) is 0 Å². The average Bonchev–Trinajstić information content (AvgIpc) is 2.30. The Kier molecular flexibility index (Phi) is 8.29. The maximum Gasteiger partial charge on any atom is 0.317 e. The fourth-order valence-electron chi connectivity index (χ4n) is 1.37. The Morgan fingerprint density at radius 3 is 2.39 bits per heavy atom. The summed E-state index contributed by atoms with van der Waals surface area (Å²) in [5.41, 5.74) is 5.33. The first kappa shape index (κ1) is 17.5. The third-order valence-corrected chi connectivity index (χ3v) is 2.67. The van der Waals surface area contributed by atoms with E-state index in [-0.39, 0.29) is 6.54 Å². The van der Waals surface area contributed by atoms with E-state index in [0.29, 0.717) is 0 Å². The molecule has 0 saturated heterocycles. The number of carbonyl (C=O) groups is 1. The van der Waals surface area contributed by atoms with E-state index in [2.05, 4.69) is 9.84 Å². The summed E-state index contributed by atoms with van der Waals surface area (Å²) in [6, 6.07) is -0.977. The van der Waals surface area contributed by atoms with Gasteiger partial charge in [0.05, 0.1) is 12.6 Å². The first-order valence-corrected chi connectivity index (χ1v) is 6.43. The summed E-state index contributed by atoms with van der Waals surface area (Å²) in [6.45, 7) is 0.238. The number of amides is 1. The van der Waals surface area contributed by atoms with E-state index in [0.717, 1.165) is 0 Å². The maximum absolute atomic E-state index is 10.9. The number of carbonyl (C=O) groups excluding carboxylic acids is 1. The molecule has 0 radical (unpaired) electrons. The molecule has 0 aromatic carbocycles. The van der Waals surface area contributed by atoms with Crippen LogP contribution in [0.15, 0.2) is 0 Å². The van der Waals surface area contributed by atoms with Crippen molar-refractivity contribution in [2.24, 2.45) is 5.73 Å². The first-order chi connectivity index (χ1) is 8.33. The number of aliphatic hydroxyl groups excluding tert-OH is 3. The monoisotopic (exact) mass is 286 g/mol. The summed E-state index contributed by atoms with van der Waals surface area (Å²) in [7, 11) is -3.44. The van der Waals surface area contributed by atoms with Gasteiger partial charge in [0.25, 0.3) is 0 Å². The van der Waals surface area contributed by atoms with Gasteiger partial charge in [-0.15, -0.1) is 0 Å². The zero-order valence-electron chi connectivity index (χ0n) is 9.81. The molecular weight excluding hydrogens is 267 g/mol. The van der Waals surface area contributed by atoms with Gasteiger partial charge in [-0.2, -0.15) is 0 Å². The van der Waals surface area contributed by atoms with E-state index in [1.807, 2.05) is 0 Å². The minimum atomic E-state index is -3.44. The van der Waals surface area contributed by atoms with Crippen molar-refractivity contribution in [2.45, 2.75) is 31.3 Å². The van der Waals surface area contributed by atoms with Crippen molar-refractivity contribution >= 4 is 14.2 Å². The molecule has 9 nitrogen and oxygen atoms in total. The first-order valence-electron chi connectivity index (χ1n) is 5.17. The van der Waals surface area contributed by atoms with Crippen LogP contribution in [0.3, 0.4) is 0 Å². The summed E-state index contributed by atoms with van der Waals surface area (Å²) in [5, 5.41) is 30.3. The van der Waals surface area contributed by atoms with Crippen LogP contribution < -0.4 is 11.1 Å². The lowest BCUT2D eigenvalue weighted by Gasteiger charge is -2.30. The molecule has 0 saturated carbocycles. The van der Waals surface area contributed by atoms with Crippen LogP contribution in [0.4, 0.5) is 0 Å². The van der Waals surface area contributed by atoms with Crippen LogP contribution in [0.1, 0.15) is 6.92 Å². The highest BCUT2D eigenvalue weighted by Gasteiger charge is 2.34. The smallest absolute Gasteiger partial charge is 0.317 e. The molecule has 0 aliphatic heterocycles. The van der Waals surface area contributed by atoms with Crippen LogP contribution in [0.25, 0.3) is 0 Å². The highest BCUT2D eigenvalue weighted by atomic mass is 31.1. The van der Waals surface area contributed by atoms with E-state index in [1.54, 1.807) is 0 Å². The van der Waals surface area contributed by atoms with E-state index >= 15 is 0 Å². The third-order valence-electron chi connectivity index (χ3n) is 2.19. The van der Waals surface area contributed by atoms with Gasteiger partial charge in [0.15, 0.2) is 0 Å². The summed E-state index contributed by atoms with van der Waals surface area (Å²) < 4.78 is 15.1. The van der Waals surface area contributed by atoms with Crippen molar-refractivity contribution < 1.29 is 34.1 Å². The predicted octanol–water partition coefficient (Wildman–Crippen LogP) is -3.07. The van der Waals surface area contributed by atoms with Crippen molar-refractivity contribution in [2.75, 3.05) is 13.2 Å². The van der Waals surface area contributed by atoms with E-state index in [9.17, 15) is 19.6 Å². The molecule has 0 aliphatic carbocycles. The van der Waals surface area contributed by atoms with E-state index in [4.69, 9.17) is 15.7 Å². The molecule has 0 spiro atoms. The van der Waals surface area contributed by atoms with Gasteiger partial charge in [0, 0.05) is 13.5 Å². The van der Waals surface area contributed by atoms with Gasteiger partial charge in [0.1, 0.15) is 18.3 Å². The normalized spacial score (nSPS) is 19.7. The second-order valence-electron chi connectivity index (χ2n) is 3.63. The highest BCUT2D eigenvalue weighted by Crippen LogP contribution is 2.23. The third kappa shape index (κ3) is 5.87. The van der Waals surface area contributed by atoms with Gasteiger partial charge in [-0.3, -0.25) is 9.36 Å². The Morgan fingerprint density at radius 2 is 2.06 bits per heavy atom. The Labute approximate surface area is 105 Å². The van der Waals surface area contributed by atoms with Crippen LogP contribution in [-0.2, 0) is 13.9 Å². The van der Waals surface area contributed by atoms with Crippen molar-refractivity contribution in [3.8, 4) is 0 Å². The molecule has 10 heteroatoms. The molecule has 0 aliphatic rings. The fourth-order valence-corrected chi connectivity index (χ4v) is 1.90. The van der Waals surface area contributed by atoms with Gasteiger partial charge >= 0.3 is 8.25 Å². The number of rotatable bonds is 8. The lowest BCUT2D eigenvalue weighted by atomic mass is 10.0. The molecule has 5 atom stereocenters. The Bertz CT molecular complexity index is 291. The number of aliphatic hydroxyl groups is 3. The molecule has 0 aromatic rings. The van der Waals surface area contributed by atoms with Crippen molar-refractivity contribution in [3.05, 3.63) is 0 Å². The SMILES string of the molecule is CC(=O)NC(CN)C(O)[C@H](O[PH](=O)O)C(O)CO. The van der Waals surface area contributed by atoms with E-state index < -0.39 is 45.1 Å². The van der Waals surface area contributed by atoms with Crippen molar-refractivity contribution in [1.82, 2.24) is 5.32 Å². The van der Waals surface area contributed by atoms with Crippen molar-refractivity contribution in [1.29, 1.82) is 0 Å². The second kappa shape index (κ2) is 8.54. The van der Waals surface area contributed by atoms with Crippen LogP contribution >= 0.6 is 8.25 Å². The van der Waals surface area contributed by atoms with Gasteiger partial charge in [-0.05, 0) is 0 Å².